The molecule has 0 unspecified atom stereocenters. The normalized spacial score (nSPS) is 11.9. The maximum Gasteiger partial charge on any atom is 0.123 e. The Morgan fingerprint density at radius 1 is 0.407 bits per heavy atom. The van der Waals surface area contributed by atoms with Crippen LogP contribution >= 0.6 is 0 Å². The minimum atomic E-state index is 0.0753. The fraction of sp³-hybridized carbons (Fsp3) is 0.571. The summed E-state index contributed by atoms with van der Waals surface area (Å²) in [5.74, 6) is 11.3. The largest absolute Gasteiger partial charge is 0.494 e. The molecule has 3 aromatic carbocycles. The summed E-state index contributed by atoms with van der Waals surface area (Å²) in [6.45, 7) is 2.24. The summed E-state index contributed by atoms with van der Waals surface area (Å²) in [6, 6.07) is 22.1. The lowest BCUT2D eigenvalue weighted by atomic mass is 9.74. The Kier molecular flexibility index (Phi) is 24.7. The van der Waals surface area contributed by atoms with Crippen molar-refractivity contribution in [3.8, 4) is 54.3 Å². The number of rotatable bonds is 34. The van der Waals surface area contributed by atoms with Gasteiger partial charge in [-0.3, -0.25) is 0 Å². The van der Waals surface area contributed by atoms with Crippen LogP contribution in [-0.2, 0) is 6.42 Å². The van der Waals surface area contributed by atoms with E-state index in [1.807, 2.05) is 0 Å². The molecule has 0 aliphatic heterocycles. The van der Waals surface area contributed by atoms with Crippen molar-refractivity contribution in [2.75, 3.05) is 19.8 Å². The molecule has 3 nitrogen and oxygen atoms in total. The Hall–Kier alpha value is -4.26. The Morgan fingerprint density at radius 3 is 1.17 bits per heavy atom. The molecule has 0 heterocycles. The lowest BCUT2D eigenvalue weighted by Crippen LogP contribution is -2.18. The summed E-state index contributed by atoms with van der Waals surface area (Å²) in [6.07, 6.45) is 49.3. The lowest BCUT2D eigenvalue weighted by molar-refractivity contribution is 0.297. The van der Waals surface area contributed by atoms with Gasteiger partial charge in [0.2, 0.25) is 0 Å². The molecule has 3 heteroatoms. The molecule has 0 aromatic heterocycles. The van der Waals surface area contributed by atoms with E-state index in [4.69, 9.17) is 33.5 Å². The van der Waals surface area contributed by atoms with E-state index in [1.165, 1.54) is 143 Å². The van der Waals surface area contributed by atoms with Crippen molar-refractivity contribution in [1.29, 1.82) is 0 Å². The third-order valence-corrected chi connectivity index (χ3v) is 11.9. The third-order valence-electron chi connectivity index (χ3n) is 11.9. The summed E-state index contributed by atoms with van der Waals surface area (Å²) in [7, 11) is 0. The van der Waals surface area contributed by atoms with Gasteiger partial charge >= 0.3 is 0 Å². The molecule has 1 aliphatic carbocycles. The van der Waals surface area contributed by atoms with Gasteiger partial charge in [-0.05, 0) is 79.5 Å². The molecule has 59 heavy (non-hydrogen) atoms. The zero-order chi connectivity index (χ0) is 41.4. The smallest absolute Gasteiger partial charge is 0.123 e. The molecule has 1 aliphatic rings. The number of fused-ring (bicyclic) bond motifs is 2. The summed E-state index contributed by atoms with van der Waals surface area (Å²) >= 11 is 0. The molecule has 0 saturated heterocycles. The van der Waals surface area contributed by atoms with Gasteiger partial charge < -0.3 is 14.2 Å². The molecule has 0 N–H and O–H groups in total. The Labute approximate surface area is 361 Å². The van der Waals surface area contributed by atoms with Crippen molar-refractivity contribution < 1.29 is 14.2 Å². The van der Waals surface area contributed by atoms with Crippen molar-refractivity contribution in [3.63, 3.8) is 0 Å². The van der Waals surface area contributed by atoms with Crippen molar-refractivity contribution in [1.82, 2.24) is 0 Å². The third kappa shape index (κ3) is 18.3. The van der Waals surface area contributed by atoms with Gasteiger partial charge in [0.05, 0.1) is 19.8 Å². The molecule has 3 aromatic rings. The fourth-order valence-corrected chi connectivity index (χ4v) is 8.57. The van der Waals surface area contributed by atoms with E-state index in [0.29, 0.717) is 0 Å². The maximum absolute atomic E-state index is 6.63. The topological polar surface area (TPSA) is 27.7 Å². The second-order valence-electron chi connectivity index (χ2n) is 16.7. The van der Waals surface area contributed by atoms with Crippen LogP contribution in [0.1, 0.15) is 207 Å². The van der Waals surface area contributed by atoms with Crippen LogP contribution < -0.4 is 14.2 Å². The highest BCUT2D eigenvalue weighted by Gasteiger charge is 2.31. The second-order valence-corrected chi connectivity index (χ2v) is 16.7. The molecular formula is C56H76O3. The minimum absolute atomic E-state index is 0.0753. The number of benzene rings is 3. The number of hydrogen-bond donors (Lipinski definition) is 0. The van der Waals surface area contributed by atoms with E-state index < -0.39 is 0 Å². The summed E-state index contributed by atoms with van der Waals surface area (Å²) in [4.78, 5) is 0. The Morgan fingerprint density at radius 2 is 0.763 bits per heavy atom. The van der Waals surface area contributed by atoms with Crippen LogP contribution in [0.25, 0.3) is 0 Å². The average molecular weight is 797 g/mol. The van der Waals surface area contributed by atoms with Crippen LogP contribution in [0.5, 0.6) is 17.2 Å². The van der Waals surface area contributed by atoms with Crippen LogP contribution in [0.4, 0.5) is 0 Å². The maximum atomic E-state index is 6.63. The average Bonchev–Trinajstić information content (AvgIpc) is 3.26. The first kappa shape index (κ1) is 47.4. The zero-order valence-corrected chi connectivity index (χ0v) is 36.7. The first-order valence-corrected chi connectivity index (χ1v) is 23.8. The second kappa shape index (κ2) is 30.7. The number of terminal acetylenes is 3. The highest BCUT2D eigenvalue weighted by Crippen LogP contribution is 2.47. The molecule has 0 atom stereocenters. The van der Waals surface area contributed by atoms with Crippen molar-refractivity contribution in [2.24, 2.45) is 0 Å². The van der Waals surface area contributed by atoms with Crippen LogP contribution in [0, 0.1) is 37.0 Å². The van der Waals surface area contributed by atoms with E-state index >= 15 is 0 Å². The first-order valence-electron chi connectivity index (χ1n) is 23.8. The van der Waals surface area contributed by atoms with Gasteiger partial charge in [-0.25, -0.2) is 0 Å². The Balaban J connectivity index is 1.38. The van der Waals surface area contributed by atoms with E-state index in [1.54, 1.807) is 0 Å². The monoisotopic (exact) mass is 797 g/mol. The molecule has 0 amide bonds. The van der Waals surface area contributed by atoms with Crippen LogP contribution in [0.3, 0.4) is 0 Å². The molecule has 0 spiro atoms. The van der Waals surface area contributed by atoms with Gasteiger partial charge in [0.15, 0.2) is 0 Å². The van der Waals surface area contributed by atoms with Crippen LogP contribution in [0.2, 0.25) is 0 Å². The van der Waals surface area contributed by atoms with Crippen molar-refractivity contribution in [2.45, 2.75) is 186 Å². The number of unbranched alkanes of at least 4 members (excludes halogenated alkanes) is 24. The summed E-state index contributed by atoms with van der Waals surface area (Å²) < 4.78 is 19.7. The quantitative estimate of drug-likeness (QED) is 0.0348. The molecule has 0 radical (unpaired) electrons. The number of ether oxygens (including phenoxy) is 3. The lowest BCUT2D eigenvalue weighted by Gasteiger charge is -2.31. The van der Waals surface area contributed by atoms with Gasteiger partial charge in [0, 0.05) is 42.7 Å². The molecule has 4 rings (SSSR count). The predicted molar refractivity (Wildman–Crippen MR) is 251 cm³/mol. The van der Waals surface area contributed by atoms with E-state index in [0.717, 1.165) is 101 Å². The van der Waals surface area contributed by atoms with Crippen LogP contribution in [0.15, 0.2) is 60.7 Å². The molecular weight excluding hydrogens is 721 g/mol. The van der Waals surface area contributed by atoms with Crippen LogP contribution in [-0.4, -0.2) is 19.8 Å². The standard InChI is InChI=1S/C56H76O3/c1-4-7-10-13-16-19-22-25-28-31-43-57-49-38-34-37-48(46-49)56-50-39-35-41-54(58-44-32-29-26-23-20-17-14-11-8-5-2)52(50)47-53-51(56)40-36-42-55(53)59-45-33-30-27-24-21-18-15-12-9-6-3/h1-3,34-42,46,56H,7-33,43-45,47H2. The Bertz CT molecular complexity index is 1610. The molecule has 318 valence electrons. The first-order chi connectivity index (χ1) is 29.3. The van der Waals surface area contributed by atoms with Crippen molar-refractivity contribution in [3.05, 3.63) is 88.5 Å². The highest BCUT2D eigenvalue weighted by molar-refractivity contribution is 5.61. The summed E-state index contributed by atoms with van der Waals surface area (Å²) in [5.41, 5.74) is 6.48. The zero-order valence-electron chi connectivity index (χ0n) is 36.7. The van der Waals surface area contributed by atoms with Gasteiger partial charge in [-0.2, -0.15) is 0 Å². The fourth-order valence-electron chi connectivity index (χ4n) is 8.57. The summed E-state index contributed by atoms with van der Waals surface area (Å²) in [5, 5.41) is 0. The SMILES string of the molecule is C#CCCCCCCCCCCOc1cccc(C2c3cccc(OCCCCCCCCCCC#C)c3Cc3c(OCCCCCCCCCCC#C)cccc32)c1. The minimum Gasteiger partial charge on any atom is -0.494 e. The van der Waals surface area contributed by atoms with Crippen molar-refractivity contribution >= 4 is 0 Å². The van der Waals surface area contributed by atoms with Gasteiger partial charge in [-0.1, -0.05) is 152 Å². The van der Waals surface area contributed by atoms with Gasteiger partial charge in [-0.15, -0.1) is 37.0 Å². The van der Waals surface area contributed by atoms with E-state index in [9.17, 15) is 0 Å². The molecule has 0 bridgehead atoms. The molecule has 0 fully saturated rings. The highest BCUT2D eigenvalue weighted by atomic mass is 16.5. The molecule has 0 saturated carbocycles. The van der Waals surface area contributed by atoms with E-state index in [-0.39, 0.29) is 5.92 Å². The van der Waals surface area contributed by atoms with Gasteiger partial charge in [0.1, 0.15) is 17.2 Å². The van der Waals surface area contributed by atoms with Gasteiger partial charge in [0.25, 0.3) is 0 Å². The number of hydrogen-bond acceptors (Lipinski definition) is 3. The van der Waals surface area contributed by atoms with E-state index in [2.05, 4.69) is 78.4 Å². The predicted octanol–water partition coefficient (Wildman–Crippen LogP) is 15.3.